The Morgan fingerprint density at radius 3 is 2.79 bits per heavy atom. The van der Waals surface area contributed by atoms with Gasteiger partial charge in [-0.2, -0.15) is 0 Å². The maximum absolute atomic E-state index is 12.3. The van der Waals surface area contributed by atoms with Gasteiger partial charge in [0.25, 0.3) is 0 Å². The summed E-state index contributed by atoms with van der Waals surface area (Å²) in [5.41, 5.74) is 3.30. The molecule has 0 fully saturated rings. The van der Waals surface area contributed by atoms with E-state index in [4.69, 9.17) is 9.15 Å². The number of nitrogens with zero attached hydrogens (tertiary/aromatic N) is 1. The Kier molecular flexibility index (Phi) is 3.82. The van der Waals surface area contributed by atoms with Crippen molar-refractivity contribution in [2.45, 2.75) is 19.9 Å². The van der Waals surface area contributed by atoms with E-state index < -0.39 is 0 Å². The lowest BCUT2D eigenvalue weighted by molar-refractivity contribution is 0.0955. The molecule has 3 aromatic rings. The maximum atomic E-state index is 12.3. The molecule has 0 unspecified atom stereocenters. The fourth-order valence-corrected chi connectivity index (χ4v) is 3.13. The van der Waals surface area contributed by atoms with Gasteiger partial charge in [0.05, 0.1) is 10.9 Å². The first-order valence-electron chi connectivity index (χ1n) is 8.16. The van der Waals surface area contributed by atoms with Gasteiger partial charge in [0.1, 0.15) is 18.1 Å². The fourth-order valence-electron chi connectivity index (χ4n) is 3.13. The van der Waals surface area contributed by atoms with E-state index >= 15 is 0 Å². The zero-order valence-electron chi connectivity index (χ0n) is 13.6. The molecule has 0 amide bonds. The van der Waals surface area contributed by atoms with E-state index in [2.05, 4.69) is 17.0 Å². The number of benzene rings is 2. The van der Waals surface area contributed by atoms with Crippen molar-refractivity contribution in [1.29, 1.82) is 0 Å². The minimum absolute atomic E-state index is 0.300. The molecule has 0 atom stereocenters. The van der Waals surface area contributed by atoms with Crippen LogP contribution in [0, 0.1) is 6.92 Å². The van der Waals surface area contributed by atoms with Crippen molar-refractivity contribution in [3.05, 3.63) is 75.6 Å². The Labute approximate surface area is 140 Å². The Morgan fingerprint density at radius 2 is 1.96 bits per heavy atom. The number of fused-ring (bicyclic) bond motifs is 3. The predicted molar refractivity (Wildman–Crippen MR) is 93.3 cm³/mol. The quantitative estimate of drug-likeness (QED) is 0.693. The van der Waals surface area contributed by atoms with Gasteiger partial charge in [-0.15, -0.1) is 0 Å². The number of ether oxygens (including phenoxy) is 1. The van der Waals surface area contributed by atoms with Gasteiger partial charge >= 0.3 is 5.63 Å². The molecule has 0 aliphatic carbocycles. The van der Waals surface area contributed by atoms with Crippen LogP contribution in [0.2, 0.25) is 0 Å². The van der Waals surface area contributed by atoms with E-state index in [9.17, 15) is 4.79 Å². The molecule has 24 heavy (non-hydrogen) atoms. The van der Waals surface area contributed by atoms with Crippen molar-refractivity contribution >= 4 is 11.0 Å². The zero-order chi connectivity index (χ0) is 16.5. The summed E-state index contributed by atoms with van der Waals surface area (Å²) in [5.74, 6) is 0.681. The van der Waals surface area contributed by atoms with Crippen molar-refractivity contribution in [3.8, 4) is 5.75 Å². The smallest absolute Gasteiger partial charge is 0.344 e. The first kappa shape index (κ1) is 15.0. The second kappa shape index (κ2) is 6.13. The van der Waals surface area contributed by atoms with Crippen LogP contribution in [0.25, 0.3) is 11.0 Å². The van der Waals surface area contributed by atoms with Crippen molar-refractivity contribution in [2.24, 2.45) is 0 Å². The van der Waals surface area contributed by atoms with Crippen LogP contribution in [0.4, 0.5) is 0 Å². The summed E-state index contributed by atoms with van der Waals surface area (Å²) in [4.78, 5) is 14.4. The molecular weight excluding hydrogens is 302 g/mol. The molecule has 0 spiro atoms. The zero-order valence-corrected chi connectivity index (χ0v) is 13.6. The third-order valence-electron chi connectivity index (χ3n) is 4.44. The minimum atomic E-state index is -0.300. The molecule has 2 heterocycles. The van der Waals surface area contributed by atoms with Gasteiger partial charge in [0.2, 0.25) is 0 Å². The molecule has 1 aliphatic rings. The van der Waals surface area contributed by atoms with Crippen LogP contribution in [0.15, 0.2) is 57.7 Å². The van der Waals surface area contributed by atoms with Crippen molar-refractivity contribution in [1.82, 2.24) is 4.90 Å². The number of rotatable bonds is 3. The molecule has 4 rings (SSSR count). The minimum Gasteiger partial charge on any atom is -0.477 e. The van der Waals surface area contributed by atoms with Crippen LogP contribution in [0.1, 0.15) is 16.7 Å². The van der Waals surface area contributed by atoms with Gasteiger partial charge in [0, 0.05) is 13.1 Å². The number of hydrogen-bond acceptors (Lipinski definition) is 4. The van der Waals surface area contributed by atoms with Gasteiger partial charge in [-0.05, 0) is 31.0 Å². The highest BCUT2D eigenvalue weighted by Gasteiger charge is 2.24. The highest BCUT2D eigenvalue weighted by molar-refractivity contribution is 5.85. The third kappa shape index (κ3) is 2.81. The molecular formula is C20H19NO3. The standard InChI is InChI=1S/C20H19NO3/c1-14-7-8-18-16(11-14)19-17(20(22)24-18)12-21(13-23-19)10-9-15-5-3-2-4-6-15/h2-8,11H,9-10,12-13H2,1H3. The van der Waals surface area contributed by atoms with Crippen molar-refractivity contribution in [2.75, 3.05) is 13.3 Å². The Morgan fingerprint density at radius 1 is 1.12 bits per heavy atom. The van der Waals surface area contributed by atoms with Crippen LogP contribution < -0.4 is 10.4 Å². The molecule has 0 bridgehead atoms. The summed E-state index contributed by atoms with van der Waals surface area (Å²) < 4.78 is 11.4. The van der Waals surface area contributed by atoms with Gasteiger partial charge < -0.3 is 9.15 Å². The third-order valence-corrected chi connectivity index (χ3v) is 4.44. The van der Waals surface area contributed by atoms with E-state index in [0.717, 1.165) is 23.9 Å². The van der Waals surface area contributed by atoms with Crippen molar-refractivity contribution < 1.29 is 9.15 Å². The highest BCUT2D eigenvalue weighted by Crippen LogP contribution is 2.31. The molecule has 1 aromatic heterocycles. The number of aryl methyl sites for hydroxylation is 1. The average Bonchev–Trinajstić information content (AvgIpc) is 2.62. The lowest BCUT2D eigenvalue weighted by atomic mass is 10.1. The molecule has 4 heteroatoms. The van der Waals surface area contributed by atoms with E-state index in [0.29, 0.717) is 30.2 Å². The second-order valence-corrected chi connectivity index (χ2v) is 6.26. The molecule has 0 saturated carbocycles. The van der Waals surface area contributed by atoms with E-state index in [-0.39, 0.29) is 5.63 Å². The molecule has 0 N–H and O–H groups in total. The molecule has 0 saturated heterocycles. The molecule has 0 radical (unpaired) electrons. The first-order chi connectivity index (χ1) is 11.7. The highest BCUT2D eigenvalue weighted by atomic mass is 16.5. The largest absolute Gasteiger partial charge is 0.477 e. The summed E-state index contributed by atoms with van der Waals surface area (Å²) in [6.45, 7) is 3.92. The first-order valence-corrected chi connectivity index (χ1v) is 8.16. The normalized spacial score (nSPS) is 14.4. The Balaban J connectivity index is 1.60. The monoisotopic (exact) mass is 321 g/mol. The molecule has 4 nitrogen and oxygen atoms in total. The van der Waals surface area contributed by atoms with E-state index in [1.807, 2.05) is 43.3 Å². The Bertz CT molecular complexity index is 931. The fraction of sp³-hybridized carbons (Fsp3) is 0.250. The summed E-state index contributed by atoms with van der Waals surface area (Å²) >= 11 is 0. The van der Waals surface area contributed by atoms with Crippen LogP contribution in [-0.2, 0) is 13.0 Å². The predicted octanol–water partition coefficient (Wildman–Crippen LogP) is 3.50. The summed E-state index contributed by atoms with van der Waals surface area (Å²) in [6.07, 6.45) is 0.928. The SMILES string of the molecule is Cc1ccc2oc(=O)c3c(c2c1)OCN(CCc1ccccc1)C3. The lowest BCUT2D eigenvalue weighted by Gasteiger charge is -2.28. The van der Waals surface area contributed by atoms with Crippen LogP contribution in [0.3, 0.4) is 0 Å². The van der Waals surface area contributed by atoms with Gasteiger partial charge in [-0.1, -0.05) is 42.0 Å². The van der Waals surface area contributed by atoms with Gasteiger partial charge in [-0.3, -0.25) is 4.90 Å². The van der Waals surface area contributed by atoms with E-state index in [1.165, 1.54) is 5.56 Å². The van der Waals surface area contributed by atoms with Crippen LogP contribution >= 0.6 is 0 Å². The summed E-state index contributed by atoms with van der Waals surface area (Å²) in [6, 6.07) is 16.1. The number of hydrogen-bond donors (Lipinski definition) is 0. The van der Waals surface area contributed by atoms with Crippen molar-refractivity contribution in [3.63, 3.8) is 0 Å². The maximum Gasteiger partial charge on any atom is 0.344 e. The summed E-state index contributed by atoms with van der Waals surface area (Å²) in [5, 5.41) is 0.882. The van der Waals surface area contributed by atoms with E-state index in [1.54, 1.807) is 0 Å². The van der Waals surface area contributed by atoms with Crippen LogP contribution in [0.5, 0.6) is 5.75 Å². The topological polar surface area (TPSA) is 42.7 Å². The molecule has 1 aliphatic heterocycles. The average molecular weight is 321 g/mol. The second-order valence-electron chi connectivity index (χ2n) is 6.26. The molecule has 2 aromatic carbocycles. The van der Waals surface area contributed by atoms with Gasteiger partial charge in [-0.25, -0.2) is 4.79 Å². The Hall–Kier alpha value is -2.59. The lowest BCUT2D eigenvalue weighted by Crippen LogP contribution is -2.36. The van der Waals surface area contributed by atoms with Gasteiger partial charge in [0.15, 0.2) is 0 Å². The molecule has 122 valence electrons. The van der Waals surface area contributed by atoms with Crippen LogP contribution in [-0.4, -0.2) is 18.2 Å². The summed E-state index contributed by atoms with van der Waals surface area (Å²) in [7, 11) is 0.